The monoisotopic (exact) mass is 321 g/mol. The number of aromatic nitrogens is 3. The quantitative estimate of drug-likeness (QED) is 0.716. The standard InChI is InChI=1S/C15H10F3N3O2/c1-8-5-13(20-7-19-8)22-11-4-2-3-9(16)14(11)10-6-12(15(17)18)23-21-10/h2-7,15H,1H3. The predicted molar refractivity (Wildman–Crippen MR) is 73.7 cm³/mol. The van der Waals surface area contributed by atoms with Crippen molar-refractivity contribution in [1.82, 2.24) is 15.1 Å². The van der Waals surface area contributed by atoms with E-state index in [2.05, 4.69) is 19.6 Å². The van der Waals surface area contributed by atoms with Gasteiger partial charge in [0.1, 0.15) is 23.6 Å². The van der Waals surface area contributed by atoms with Gasteiger partial charge in [-0.2, -0.15) is 0 Å². The fraction of sp³-hybridized carbons (Fsp3) is 0.133. The van der Waals surface area contributed by atoms with Gasteiger partial charge in [-0.05, 0) is 19.1 Å². The molecule has 2 heterocycles. The SMILES string of the molecule is Cc1cc(Oc2cccc(F)c2-c2cc(C(F)F)on2)ncn1. The van der Waals surface area contributed by atoms with Crippen molar-refractivity contribution in [2.75, 3.05) is 0 Å². The highest BCUT2D eigenvalue weighted by Crippen LogP contribution is 2.35. The van der Waals surface area contributed by atoms with Gasteiger partial charge in [-0.3, -0.25) is 0 Å². The number of halogens is 3. The summed E-state index contributed by atoms with van der Waals surface area (Å²) >= 11 is 0. The third kappa shape index (κ3) is 3.15. The van der Waals surface area contributed by atoms with Gasteiger partial charge in [0.2, 0.25) is 11.6 Å². The molecular formula is C15H10F3N3O2. The summed E-state index contributed by atoms with van der Waals surface area (Å²) in [6.07, 6.45) is -1.54. The molecule has 0 aliphatic heterocycles. The van der Waals surface area contributed by atoms with Gasteiger partial charge < -0.3 is 9.26 Å². The second-order valence-corrected chi connectivity index (χ2v) is 4.63. The fourth-order valence-electron chi connectivity index (χ4n) is 1.95. The Morgan fingerprint density at radius 2 is 2.00 bits per heavy atom. The Labute approximate surface area is 128 Å². The molecule has 0 aliphatic carbocycles. The first-order valence-electron chi connectivity index (χ1n) is 6.54. The molecule has 2 aromatic heterocycles. The smallest absolute Gasteiger partial charge is 0.298 e. The maximum atomic E-state index is 14.1. The Morgan fingerprint density at radius 3 is 2.70 bits per heavy atom. The average molecular weight is 321 g/mol. The first-order valence-corrected chi connectivity index (χ1v) is 6.54. The zero-order valence-corrected chi connectivity index (χ0v) is 11.8. The van der Waals surface area contributed by atoms with Crippen LogP contribution in [0, 0.1) is 12.7 Å². The van der Waals surface area contributed by atoms with Crippen LogP contribution in [0.4, 0.5) is 13.2 Å². The zero-order valence-electron chi connectivity index (χ0n) is 11.8. The number of aryl methyl sites for hydroxylation is 1. The van der Waals surface area contributed by atoms with Crippen LogP contribution in [0.25, 0.3) is 11.3 Å². The van der Waals surface area contributed by atoms with Gasteiger partial charge in [-0.25, -0.2) is 23.1 Å². The van der Waals surface area contributed by atoms with E-state index in [4.69, 9.17) is 4.74 Å². The van der Waals surface area contributed by atoms with Crippen molar-refractivity contribution in [3.05, 3.63) is 53.9 Å². The largest absolute Gasteiger partial charge is 0.438 e. The third-order valence-electron chi connectivity index (χ3n) is 2.97. The Hall–Kier alpha value is -2.90. The van der Waals surface area contributed by atoms with Crippen LogP contribution >= 0.6 is 0 Å². The van der Waals surface area contributed by atoms with Crippen molar-refractivity contribution in [3.8, 4) is 22.9 Å². The minimum Gasteiger partial charge on any atom is -0.438 e. The molecule has 0 spiro atoms. The Kier molecular flexibility index (Phi) is 3.96. The molecule has 0 saturated heterocycles. The van der Waals surface area contributed by atoms with Gasteiger partial charge in [-0.1, -0.05) is 11.2 Å². The topological polar surface area (TPSA) is 61.0 Å². The van der Waals surface area contributed by atoms with Crippen LogP contribution in [0.1, 0.15) is 17.9 Å². The van der Waals surface area contributed by atoms with E-state index >= 15 is 0 Å². The maximum absolute atomic E-state index is 14.1. The normalized spacial score (nSPS) is 11.0. The lowest BCUT2D eigenvalue weighted by Crippen LogP contribution is -1.94. The molecule has 0 N–H and O–H groups in total. The molecule has 1 aromatic carbocycles. The van der Waals surface area contributed by atoms with Crippen LogP contribution in [0.15, 0.2) is 41.2 Å². The summed E-state index contributed by atoms with van der Waals surface area (Å²) in [4.78, 5) is 7.84. The van der Waals surface area contributed by atoms with Crippen LogP contribution in [0.3, 0.4) is 0 Å². The van der Waals surface area contributed by atoms with E-state index in [1.54, 1.807) is 13.0 Å². The van der Waals surface area contributed by atoms with E-state index in [1.165, 1.54) is 24.5 Å². The Bertz CT molecular complexity index is 836. The molecule has 0 amide bonds. The molecule has 0 atom stereocenters. The molecule has 0 fully saturated rings. The summed E-state index contributed by atoms with van der Waals surface area (Å²) in [5, 5.41) is 3.48. The highest BCUT2D eigenvalue weighted by Gasteiger charge is 2.21. The van der Waals surface area contributed by atoms with Gasteiger partial charge in [0.15, 0.2) is 0 Å². The fourth-order valence-corrected chi connectivity index (χ4v) is 1.95. The third-order valence-corrected chi connectivity index (χ3v) is 2.97. The van der Waals surface area contributed by atoms with Crippen molar-refractivity contribution >= 4 is 0 Å². The van der Waals surface area contributed by atoms with E-state index in [0.717, 1.165) is 6.07 Å². The lowest BCUT2D eigenvalue weighted by molar-refractivity contribution is 0.112. The first kappa shape index (κ1) is 15.0. The van der Waals surface area contributed by atoms with Crippen LogP contribution in [-0.4, -0.2) is 15.1 Å². The molecular weight excluding hydrogens is 311 g/mol. The van der Waals surface area contributed by atoms with Crippen molar-refractivity contribution in [2.45, 2.75) is 13.3 Å². The summed E-state index contributed by atoms with van der Waals surface area (Å²) in [6, 6.07) is 6.61. The summed E-state index contributed by atoms with van der Waals surface area (Å²) in [5.41, 5.74) is 0.493. The molecule has 0 unspecified atom stereocenters. The molecule has 0 aliphatic rings. The number of hydrogen-bond acceptors (Lipinski definition) is 5. The molecule has 5 nitrogen and oxygen atoms in total. The van der Waals surface area contributed by atoms with E-state index in [9.17, 15) is 13.2 Å². The lowest BCUT2D eigenvalue weighted by atomic mass is 10.1. The number of ether oxygens (including phenoxy) is 1. The predicted octanol–water partition coefficient (Wildman–Crippen LogP) is 4.31. The zero-order chi connectivity index (χ0) is 16.4. The number of nitrogens with zero attached hydrogens (tertiary/aromatic N) is 3. The molecule has 8 heteroatoms. The van der Waals surface area contributed by atoms with Crippen molar-refractivity contribution in [3.63, 3.8) is 0 Å². The molecule has 3 rings (SSSR count). The van der Waals surface area contributed by atoms with Gasteiger partial charge in [0.25, 0.3) is 6.43 Å². The summed E-state index contributed by atoms with van der Waals surface area (Å²) < 4.78 is 49.4. The minimum absolute atomic E-state index is 0.0808. The van der Waals surface area contributed by atoms with Crippen molar-refractivity contribution in [2.24, 2.45) is 0 Å². The second kappa shape index (κ2) is 6.07. The molecule has 0 bridgehead atoms. The molecule has 0 radical (unpaired) electrons. The molecule has 23 heavy (non-hydrogen) atoms. The van der Waals surface area contributed by atoms with Gasteiger partial charge >= 0.3 is 0 Å². The number of benzene rings is 1. The molecule has 118 valence electrons. The van der Waals surface area contributed by atoms with Gasteiger partial charge in [0, 0.05) is 17.8 Å². The van der Waals surface area contributed by atoms with Crippen LogP contribution in [-0.2, 0) is 0 Å². The van der Waals surface area contributed by atoms with Crippen molar-refractivity contribution < 1.29 is 22.4 Å². The minimum atomic E-state index is -2.84. The first-order chi connectivity index (χ1) is 11.0. The summed E-state index contributed by atoms with van der Waals surface area (Å²) in [7, 11) is 0. The summed E-state index contributed by atoms with van der Waals surface area (Å²) in [6.45, 7) is 1.74. The average Bonchev–Trinajstić information content (AvgIpc) is 2.97. The lowest BCUT2D eigenvalue weighted by Gasteiger charge is -2.09. The van der Waals surface area contributed by atoms with E-state index in [-0.39, 0.29) is 22.9 Å². The van der Waals surface area contributed by atoms with Gasteiger partial charge in [-0.15, -0.1) is 0 Å². The van der Waals surface area contributed by atoms with Gasteiger partial charge in [0.05, 0.1) is 5.56 Å². The van der Waals surface area contributed by atoms with Crippen LogP contribution in [0.5, 0.6) is 11.6 Å². The van der Waals surface area contributed by atoms with E-state index < -0.39 is 18.0 Å². The Balaban J connectivity index is 2.02. The Morgan fingerprint density at radius 1 is 1.17 bits per heavy atom. The second-order valence-electron chi connectivity index (χ2n) is 4.63. The highest BCUT2D eigenvalue weighted by molar-refractivity contribution is 5.68. The van der Waals surface area contributed by atoms with E-state index in [1.807, 2.05) is 0 Å². The van der Waals surface area contributed by atoms with Crippen LogP contribution in [0.2, 0.25) is 0 Å². The van der Waals surface area contributed by atoms with Crippen LogP contribution < -0.4 is 4.74 Å². The maximum Gasteiger partial charge on any atom is 0.298 e. The number of rotatable bonds is 4. The summed E-state index contributed by atoms with van der Waals surface area (Å²) in [5.74, 6) is -1.05. The molecule has 0 saturated carbocycles. The highest BCUT2D eigenvalue weighted by atomic mass is 19.3. The van der Waals surface area contributed by atoms with E-state index in [0.29, 0.717) is 5.69 Å². The number of alkyl halides is 2. The molecule has 3 aromatic rings. The number of hydrogen-bond donors (Lipinski definition) is 0. The van der Waals surface area contributed by atoms with Crippen molar-refractivity contribution in [1.29, 1.82) is 0 Å².